The van der Waals surface area contributed by atoms with Crippen LogP contribution in [0.15, 0.2) is 21.5 Å². The SMILES string of the molecule is CCN(CC)C(=O)Cn1ncc2c3oc(C)cc3n(C(C)C)c2c1=O. The van der Waals surface area contributed by atoms with Crippen LogP contribution in [0.2, 0.25) is 0 Å². The zero-order valence-corrected chi connectivity index (χ0v) is 15.4. The van der Waals surface area contributed by atoms with E-state index in [2.05, 4.69) is 5.10 Å². The van der Waals surface area contributed by atoms with Crippen molar-refractivity contribution < 1.29 is 9.21 Å². The molecule has 0 saturated heterocycles. The van der Waals surface area contributed by atoms with Crippen LogP contribution in [0.3, 0.4) is 0 Å². The molecule has 134 valence electrons. The number of hydrogen-bond donors (Lipinski definition) is 0. The predicted molar refractivity (Wildman–Crippen MR) is 96.8 cm³/mol. The molecule has 0 saturated carbocycles. The van der Waals surface area contributed by atoms with Crippen molar-refractivity contribution in [3.05, 3.63) is 28.4 Å². The maximum atomic E-state index is 13.0. The fourth-order valence-corrected chi connectivity index (χ4v) is 3.32. The molecular formula is C18H24N4O3. The van der Waals surface area contributed by atoms with Crippen LogP contribution in [-0.2, 0) is 11.3 Å². The summed E-state index contributed by atoms with van der Waals surface area (Å²) in [4.78, 5) is 27.0. The molecule has 0 aliphatic rings. The summed E-state index contributed by atoms with van der Waals surface area (Å²) in [5.74, 6) is 0.684. The van der Waals surface area contributed by atoms with E-state index in [1.807, 2.05) is 45.3 Å². The largest absolute Gasteiger partial charge is 0.459 e. The molecule has 3 heterocycles. The third-order valence-electron chi connectivity index (χ3n) is 4.52. The van der Waals surface area contributed by atoms with Crippen LogP contribution in [0.5, 0.6) is 0 Å². The number of furan rings is 1. The van der Waals surface area contributed by atoms with Gasteiger partial charge in [0.15, 0.2) is 5.58 Å². The van der Waals surface area contributed by atoms with Gasteiger partial charge in [0.2, 0.25) is 5.91 Å². The summed E-state index contributed by atoms with van der Waals surface area (Å²) in [5, 5.41) is 4.90. The van der Waals surface area contributed by atoms with Gasteiger partial charge in [-0.15, -0.1) is 0 Å². The van der Waals surface area contributed by atoms with Gasteiger partial charge in [0.05, 0.1) is 17.1 Å². The first-order chi connectivity index (χ1) is 11.9. The minimum atomic E-state index is -0.268. The molecule has 7 nitrogen and oxygen atoms in total. The first-order valence-corrected chi connectivity index (χ1v) is 8.66. The van der Waals surface area contributed by atoms with Gasteiger partial charge >= 0.3 is 0 Å². The first-order valence-electron chi connectivity index (χ1n) is 8.66. The number of aryl methyl sites for hydroxylation is 1. The number of rotatable bonds is 5. The maximum absolute atomic E-state index is 13.0. The molecule has 0 atom stereocenters. The predicted octanol–water partition coefficient (Wildman–Crippen LogP) is 2.70. The quantitative estimate of drug-likeness (QED) is 0.713. The highest BCUT2D eigenvalue weighted by Gasteiger charge is 2.22. The van der Waals surface area contributed by atoms with Crippen LogP contribution in [0.4, 0.5) is 0 Å². The molecule has 0 radical (unpaired) electrons. The van der Waals surface area contributed by atoms with Crippen LogP contribution < -0.4 is 5.56 Å². The van der Waals surface area contributed by atoms with E-state index in [9.17, 15) is 9.59 Å². The van der Waals surface area contributed by atoms with E-state index in [1.165, 1.54) is 4.68 Å². The lowest BCUT2D eigenvalue weighted by Gasteiger charge is -2.18. The first kappa shape index (κ1) is 17.3. The molecule has 0 unspecified atom stereocenters. The molecule has 0 spiro atoms. The summed E-state index contributed by atoms with van der Waals surface area (Å²) in [7, 11) is 0. The zero-order valence-electron chi connectivity index (χ0n) is 15.4. The number of fused-ring (bicyclic) bond motifs is 3. The molecule has 0 fully saturated rings. The van der Waals surface area contributed by atoms with Gasteiger partial charge in [-0.1, -0.05) is 0 Å². The van der Waals surface area contributed by atoms with Gasteiger partial charge in [-0.3, -0.25) is 9.59 Å². The summed E-state index contributed by atoms with van der Waals surface area (Å²) in [6, 6.07) is 2.01. The van der Waals surface area contributed by atoms with Gasteiger partial charge in [-0.05, 0) is 34.6 Å². The van der Waals surface area contributed by atoms with Gasteiger partial charge in [-0.2, -0.15) is 5.10 Å². The van der Waals surface area contributed by atoms with Gasteiger partial charge in [0.25, 0.3) is 5.56 Å². The third-order valence-corrected chi connectivity index (χ3v) is 4.52. The summed E-state index contributed by atoms with van der Waals surface area (Å²) >= 11 is 0. The van der Waals surface area contributed by atoms with E-state index in [0.717, 1.165) is 11.3 Å². The Hall–Kier alpha value is -2.57. The fraction of sp³-hybridized carbons (Fsp3) is 0.500. The summed E-state index contributed by atoms with van der Waals surface area (Å²) in [6.45, 7) is 10.9. The molecule has 0 aromatic carbocycles. The molecule has 3 aromatic heterocycles. The lowest BCUT2D eigenvalue weighted by Crippen LogP contribution is -2.37. The number of nitrogens with zero attached hydrogens (tertiary/aromatic N) is 4. The van der Waals surface area contributed by atoms with E-state index in [1.54, 1.807) is 11.1 Å². The number of likely N-dealkylation sites (N-methyl/N-ethyl adjacent to an activating group) is 1. The van der Waals surface area contributed by atoms with Crippen LogP contribution in [0.1, 0.15) is 39.5 Å². The van der Waals surface area contributed by atoms with Gasteiger partial charge in [-0.25, -0.2) is 4.68 Å². The smallest absolute Gasteiger partial charge is 0.291 e. The highest BCUT2D eigenvalue weighted by atomic mass is 16.3. The summed E-state index contributed by atoms with van der Waals surface area (Å²) in [6.07, 6.45) is 1.62. The normalized spacial score (nSPS) is 11.8. The maximum Gasteiger partial charge on any atom is 0.291 e. The average molecular weight is 344 g/mol. The number of hydrogen-bond acceptors (Lipinski definition) is 4. The lowest BCUT2D eigenvalue weighted by molar-refractivity contribution is -0.131. The van der Waals surface area contributed by atoms with E-state index >= 15 is 0 Å². The van der Waals surface area contributed by atoms with Crippen molar-refractivity contribution >= 4 is 27.9 Å². The number of aromatic nitrogens is 3. The second-order valence-electron chi connectivity index (χ2n) is 6.47. The molecule has 0 N–H and O–H groups in total. The highest BCUT2D eigenvalue weighted by Crippen LogP contribution is 2.31. The molecule has 3 rings (SSSR count). The van der Waals surface area contributed by atoms with Crippen LogP contribution in [0, 0.1) is 6.92 Å². The molecule has 0 bridgehead atoms. The second kappa shape index (κ2) is 6.38. The Morgan fingerprint density at radius 2 is 2.00 bits per heavy atom. The fourth-order valence-electron chi connectivity index (χ4n) is 3.32. The third kappa shape index (κ3) is 2.73. The van der Waals surface area contributed by atoms with Gasteiger partial charge in [0, 0.05) is 25.2 Å². The average Bonchev–Trinajstić information content (AvgIpc) is 3.06. The van der Waals surface area contributed by atoms with Crippen molar-refractivity contribution in [1.29, 1.82) is 0 Å². The van der Waals surface area contributed by atoms with Crippen molar-refractivity contribution in [2.45, 2.75) is 47.2 Å². The molecule has 1 amide bonds. The van der Waals surface area contributed by atoms with Crippen LogP contribution >= 0.6 is 0 Å². The zero-order chi connectivity index (χ0) is 18.3. The lowest BCUT2D eigenvalue weighted by atomic mass is 10.3. The highest BCUT2D eigenvalue weighted by molar-refractivity contribution is 6.04. The molecule has 7 heteroatoms. The molecule has 0 aliphatic heterocycles. The molecule has 0 aliphatic carbocycles. The topological polar surface area (TPSA) is 73.3 Å². The van der Waals surface area contributed by atoms with Crippen molar-refractivity contribution in [2.24, 2.45) is 0 Å². The van der Waals surface area contributed by atoms with Crippen molar-refractivity contribution in [2.75, 3.05) is 13.1 Å². The van der Waals surface area contributed by atoms with Crippen LogP contribution in [-0.4, -0.2) is 38.2 Å². The van der Waals surface area contributed by atoms with E-state index < -0.39 is 0 Å². The Bertz CT molecular complexity index is 989. The summed E-state index contributed by atoms with van der Waals surface area (Å²) < 4.78 is 8.98. The minimum absolute atomic E-state index is 0.0554. The van der Waals surface area contributed by atoms with Crippen molar-refractivity contribution in [3.8, 4) is 0 Å². The van der Waals surface area contributed by atoms with E-state index in [0.29, 0.717) is 29.6 Å². The Morgan fingerprint density at radius 3 is 2.60 bits per heavy atom. The Balaban J connectivity index is 2.18. The van der Waals surface area contributed by atoms with Crippen LogP contribution in [0.25, 0.3) is 22.0 Å². The number of carbonyl (C=O) groups is 1. The Morgan fingerprint density at radius 1 is 1.32 bits per heavy atom. The number of carbonyl (C=O) groups excluding carboxylic acids is 1. The minimum Gasteiger partial charge on any atom is -0.459 e. The molecular weight excluding hydrogens is 320 g/mol. The standard InChI is InChI=1S/C18H24N4O3/c1-6-20(7-2)15(23)10-21-18(24)16-13(9-19-21)17-14(8-12(5)25-17)22(16)11(3)4/h8-9,11H,6-7,10H2,1-5H3. The molecule has 3 aromatic rings. The monoisotopic (exact) mass is 344 g/mol. The van der Waals surface area contributed by atoms with E-state index in [4.69, 9.17) is 4.42 Å². The second-order valence-corrected chi connectivity index (χ2v) is 6.47. The van der Waals surface area contributed by atoms with E-state index in [-0.39, 0.29) is 24.1 Å². The van der Waals surface area contributed by atoms with Gasteiger partial charge in [0.1, 0.15) is 17.8 Å². The number of amides is 1. The molecule has 25 heavy (non-hydrogen) atoms. The van der Waals surface area contributed by atoms with Gasteiger partial charge < -0.3 is 13.9 Å². The Kier molecular flexibility index (Phi) is 4.41. The Labute approximate surface area is 145 Å². The van der Waals surface area contributed by atoms with Crippen molar-refractivity contribution in [1.82, 2.24) is 19.2 Å². The summed E-state index contributed by atoms with van der Waals surface area (Å²) in [5.41, 5.74) is 1.82. The van der Waals surface area contributed by atoms with Crippen molar-refractivity contribution in [3.63, 3.8) is 0 Å².